The molecule has 1 aliphatic rings. The van der Waals surface area contributed by atoms with E-state index >= 15 is 0 Å². The zero-order valence-electron chi connectivity index (χ0n) is 16.5. The Kier molecular flexibility index (Phi) is 6.29. The van der Waals surface area contributed by atoms with Crippen LogP contribution in [-0.4, -0.2) is 42.6 Å². The highest BCUT2D eigenvalue weighted by Gasteiger charge is 2.39. The number of amides is 2. The van der Waals surface area contributed by atoms with Crippen LogP contribution in [-0.2, 0) is 9.59 Å². The van der Waals surface area contributed by atoms with Crippen molar-refractivity contribution in [2.24, 2.45) is 0 Å². The van der Waals surface area contributed by atoms with Crippen LogP contribution in [0.1, 0.15) is 18.9 Å². The van der Waals surface area contributed by atoms with Gasteiger partial charge in [-0.15, -0.1) is 0 Å². The van der Waals surface area contributed by atoms with Crippen molar-refractivity contribution in [2.45, 2.75) is 13.3 Å². The topological polar surface area (TPSA) is 59.1 Å². The van der Waals surface area contributed by atoms with Crippen molar-refractivity contribution in [1.82, 2.24) is 4.90 Å². The fourth-order valence-electron chi connectivity index (χ4n) is 3.11. The number of carbonyl (C=O) groups is 2. The SMILES string of the molecule is CCCN1C(=O)C(=Cc2ccc(OC)c(OC)c2)C(=O)N(c2ccccc2)C1=S. The summed E-state index contributed by atoms with van der Waals surface area (Å²) in [6, 6.07) is 14.3. The number of thiocarbonyl (C=S) groups is 1. The van der Waals surface area contributed by atoms with Crippen LogP contribution in [0.15, 0.2) is 54.1 Å². The molecule has 0 radical (unpaired) electrons. The quantitative estimate of drug-likeness (QED) is 0.413. The van der Waals surface area contributed by atoms with E-state index in [0.717, 1.165) is 0 Å². The first-order chi connectivity index (χ1) is 14.0. The van der Waals surface area contributed by atoms with Gasteiger partial charge in [0.05, 0.1) is 19.9 Å². The molecule has 6 nitrogen and oxygen atoms in total. The molecular weight excluding hydrogens is 388 g/mol. The molecule has 0 N–H and O–H groups in total. The largest absolute Gasteiger partial charge is 0.493 e. The first-order valence-electron chi connectivity index (χ1n) is 9.20. The molecule has 0 aliphatic carbocycles. The minimum atomic E-state index is -0.451. The van der Waals surface area contributed by atoms with Gasteiger partial charge in [0.1, 0.15) is 5.57 Å². The molecule has 1 heterocycles. The first-order valence-corrected chi connectivity index (χ1v) is 9.61. The van der Waals surface area contributed by atoms with Gasteiger partial charge in [-0.3, -0.25) is 19.4 Å². The van der Waals surface area contributed by atoms with Crippen molar-refractivity contribution in [3.63, 3.8) is 0 Å². The molecule has 3 rings (SSSR count). The van der Waals surface area contributed by atoms with Crippen molar-refractivity contribution < 1.29 is 19.1 Å². The van der Waals surface area contributed by atoms with Crippen LogP contribution >= 0.6 is 12.2 Å². The summed E-state index contributed by atoms with van der Waals surface area (Å²) in [6.45, 7) is 2.38. The lowest BCUT2D eigenvalue weighted by molar-refractivity contribution is -0.127. The van der Waals surface area contributed by atoms with Gasteiger partial charge in [0, 0.05) is 6.54 Å². The lowest BCUT2D eigenvalue weighted by Crippen LogP contribution is -2.56. The predicted molar refractivity (Wildman–Crippen MR) is 116 cm³/mol. The maximum Gasteiger partial charge on any atom is 0.270 e. The van der Waals surface area contributed by atoms with Gasteiger partial charge in [-0.05, 0) is 54.5 Å². The number of anilines is 1. The maximum atomic E-state index is 13.2. The highest BCUT2D eigenvalue weighted by Crippen LogP contribution is 2.30. The van der Waals surface area contributed by atoms with Crippen LogP contribution in [0, 0.1) is 0 Å². The summed E-state index contributed by atoms with van der Waals surface area (Å²) in [4.78, 5) is 29.2. The van der Waals surface area contributed by atoms with E-state index in [-0.39, 0.29) is 10.7 Å². The number of hydrogen-bond donors (Lipinski definition) is 0. The second-order valence-corrected chi connectivity index (χ2v) is 6.75. The zero-order valence-corrected chi connectivity index (χ0v) is 17.4. The third kappa shape index (κ3) is 4.00. The Bertz CT molecular complexity index is 972. The second-order valence-electron chi connectivity index (χ2n) is 6.39. The molecule has 2 aromatic rings. The number of rotatable bonds is 6. The van der Waals surface area contributed by atoms with E-state index in [2.05, 4.69) is 0 Å². The van der Waals surface area contributed by atoms with Gasteiger partial charge in [0.15, 0.2) is 16.6 Å². The number of ether oxygens (including phenoxy) is 2. The minimum absolute atomic E-state index is 0.0446. The zero-order chi connectivity index (χ0) is 21.0. The molecule has 0 saturated carbocycles. The lowest BCUT2D eigenvalue weighted by atomic mass is 10.0. The molecule has 0 unspecified atom stereocenters. The summed E-state index contributed by atoms with van der Waals surface area (Å²) in [7, 11) is 3.08. The fraction of sp³-hybridized carbons (Fsp3) is 0.227. The average Bonchev–Trinajstić information content (AvgIpc) is 2.75. The molecular formula is C22H22N2O4S. The molecule has 1 aliphatic heterocycles. The van der Waals surface area contributed by atoms with Crippen LogP contribution in [0.5, 0.6) is 11.5 Å². The summed E-state index contributed by atoms with van der Waals surface area (Å²) >= 11 is 5.49. The third-order valence-corrected chi connectivity index (χ3v) is 4.91. The van der Waals surface area contributed by atoms with Crippen molar-refractivity contribution in [3.05, 3.63) is 59.7 Å². The van der Waals surface area contributed by atoms with Crippen LogP contribution < -0.4 is 14.4 Å². The van der Waals surface area contributed by atoms with Crippen LogP contribution in [0.3, 0.4) is 0 Å². The van der Waals surface area contributed by atoms with E-state index in [1.54, 1.807) is 43.5 Å². The summed E-state index contributed by atoms with van der Waals surface area (Å²) in [5.74, 6) is 0.228. The van der Waals surface area contributed by atoms with E-state index in [9.17, 15) is 9.59 Å². The molecule has 2 amide bonds. The molecule has 1 saturated heterocycles. The Hall–Kier alpha value is -3.19. The smallest absolute Gasteiger partial charge is 0.270 e. The Morgan fingerprint density at radius 3 is 2.28 bits per heavy atom. The number of benzene rings is 2. The van der Waals surface area contributed by atoms with E-state index < -0.39 is 11.8 Å². The monoisotopic (exact) mass is 410 g/mol. The first kappa shape index (κ1) is 20.5. The second kappa shape index (κ2) is 8.87. The van der Waals surface area contributed by atoms with Gasteiger partial charge in [0.2, 0.25) is 0 Å². The fourth-order valence-corrected chi connectivity index (χ4v) is 3.47. The van der Waals surface area contributed by atoms with Crippen LogP contribution in [0.25, 0.3) is 6.08 Å². The van der Waals surface area contributed by atoms with Gasteiger partial charge in [0.25, 0.3) is 11.8 Å². The number of para-hydroxylation sites is 1. The Morgan fingerprint density at radius 1 is 0.966 bits per heavy atom. The summed E-state index contributed by atoms with van der Waals surface area (Å²) < 4.78 is 10.6. The van der Waals surface area contributed by atoms with E-state index in [1.807, 2.05) is 25.1 Å². The molecule has 150 valence electrons. The molecule has 2 aromatic carbocycles. The van der Waals surface area contributed by atoms with E-state index in [0.29, 0.717) is 35.7 Å². The standard InChI is InChI=1S/C22H22N2O4S/c1-4-12-23-20(25)17(13-15-10-11-18(27-2)19(14-15)28-3)21(26)24(22(23)29)16-8-6-5-7-9-16/h5-11,13-14H,4,12H2,1-3H3. The van der Waals surface area contributed by atoms with E-state index in [4.69, 9.17) is 21.7 Å². The van der Waals surface area contributed by atoms with E-state index in [1.165, 1.54) is 16.9 Å². The summed E-state index contributed by atoms with van der Waals surface area (Å²) in [6.07, 6.45) is 2.28. The van der Waals surface area contributed by atoms with Crippen molar-refractivity contribution in [1.29, 1.82) is 0 Å². The van der Waals surface area contributed by atoms with Gasteiger partial charge in [-0.25, -0.2) is 0 Å². The molecule has 1 fully saturated rings. The molecule has 0 aromatic heterocycles. The number of nitrogens with zero attached hydrogens (tertiary/aromatic N) is 2. The van der Waals surface area contributed by atoms with Gasteiger partial charge in [-0.1, -0.05) is 31.2 Å². The summed E-state index contributed by atoms with van der Waals surface area (Å²) in [5.41, 5.74) is 1.31. The molecule has 29 heavy (non-hydrogen) atoms. The van der Waals surface area contributed by atoms with Gasteiger partial charge in [-0.2, -0.15) is 0 Å². The third-order valence-electron chi connectivity index (χ3n) is 4.51. The summed E-state index contributed by atoms with van der Waals surface area (Å²) in [5, 5.41) is 0.192. The van der Waals surface area contributed by atoms with Gasteiger partial charge < -0.3 is 9.47 Å². The molecule has 7 heteroatoms. The highest BCUT2D eigenvalue weighted by atomic mass is 32.1. The highest BCUT2D eigenvalue weighted by molar-refractivity contribution is 7.80. The van der Waals surface area contributed by atoms with Crippen molar-refractivity contribution >= 4 is 40.9 Å². The normalized spacial score (nSPS) is 15.8. The Balaban J connectivity index is 2.08. The molecule has 0 bridgehead atoms. The Labute approximate surface area is 175 Å². The van der Waals surface area contributed by atoms with Crippen molar-refractivity contribution in [3.8, 4) is 11.5 Å². The minimum Gasteiger partial charge on any atom is -0.493 e. The Morgan fingerprint density at radius 2 is 1.66 bits per heavy atom. The number of hydrogen-bond acceptors (Lipinski definition) is 5. The van der Waals surface area contributed by atoms with Crippen molar-refractivity contribution in [2.75, 3.05) is 25.7 Å². The molecule has 0 atom stereocenters. The predicted octanol–water partition coefficient (Wildman–Crippen LogP) is 3.66. The van der Waals surface area contributed by atoms with Crippen LogP contribution in [0.2, 0.25) is 0 Å². The van der Waals surface area contributed by atoms with Gasteiger partial charge >= 0.3 is 0 Å². The maximum absolute atomic E-state index is 13.2. The average molecular weight is 410 g/mol. The lowest BCUT2D eigenvalue weighted by Gasteiger charge is -2.36. The number of methoxy groups -OCH3 is 2. The van der Waals surface area contributed by atoms with Crippen LogP contribution in [0.4, 0.5) is 5.69 Å². The number of carbonyl (C=O) groups excluding carboxylic acids is 2. The molecule has 0 spiro atoms.